The molecule has 1 saturated carbocycles. The number of benzene rings is 1. The molecular weight excluding hydrogens is 316 g/mol. The SMILES string of the molecule is CC(C)n1nc(-c2ccccc2)cc1NC(=O)NC1(CO)CCCC1. The van der Waals surface area contributed by atoms with Crippen molar-refractivity contribution >= 4 is 11.8 Å². The highest BCUT2D eigenvalue weighted by molar-refractivity contribution is 5.89. The van der Waals surface area contributed by atoms with Gasteiger partial charge in [-0.25, -0.2) is 9.48 Å². The molecule has 2 aromatic rings. The van der Waals surface area contributed by atoms with E-state index in [0.29, 0.717) is 5.82 Å². The van der Waals surface area contributed by atoms with Gasteiger partial charge in [-0.05, 0) is 26.7 Å². The zero-order valence-corrected chi connectivity index (χ0v) is 14.8. The van der Waals surface area contributed by atoms with Gasteiger partial charge < -0.3 is 10.4 Å². The molecule has 25 heavy (non-hydrogen) atoms. The van der Waals surface area contributed by atoms with E-state index >= 15 is 0 Å². The van der Waals surface area contributed by atoms with Gasteiger partial charge in [0.05, 0.1) is 17.8 Å². The van der Waals surface area contributed by atoms with E-state index in [0.717, 1.165) is 36.9 Å². The molecule has 1 fully saturated rings. The zero-order valence-electron chi connectivity index (χ0n) is 14.8. The average molecular weight is 342 g/mol. The Morgan fingerprint density at radius 3 is 2.56 bits per heavy atom. The van der Waals surface area contributed by atoms with Gasteiger partial charge in [0.2, 0.25) is 0 Å². The lowest BCUT2D eigenvalue weighted by molar-refractivity contribution is 0.167. The topological polar surface area (TPSA) is 79.2 Å². The molecule has 0 atom stereocenters. The van der Waals surface area contributed by atoms with Gasteiger partial charge in [0.15, 0.2) is 0 Å². The van der Waals surface area contributed by atoms with Crippen LogP contribution in [0, 0.1) is 0 Å². The quantitative estimate of drug-likeness (QED) is 0.777. The number of carbonyl (C=O) groups excluding carboxylic acids is 1. The summed E-state index contributed by atoms with van der Waals surface area (Å²) >= 11 is 0. The Morgan fingerprint density at radius 1 is 1.28 bits per heavy atom. The van der Waals surface area contributed by atoms with E-state index in [-0.39, 0.29) is 18.7 Å². The highest BCUT2D eigenvalue weighted by Crippen LogP contribution is 2.29. The van der Waals surface area contributed by atoms with Crippen LogP contribution in [0.15, 0.2) is 36.4 Å². The summed E-state index contributed by atoms with van der Waals surface area (Å²) < 4.78 is 1.81. The van der Waals surface area contributed by atoms with Crippen molar-refractivity contribution in [3.05, 3.63) is 36.4 Å². The summed E-state index contributed by atoms with van der Waals surface area (Å²) in [6.45, 7) is 4.02. The number of aromatic nitrogens is 2. The van der Waals surface area contributed by atoms with Crippen molar-refractivity contribution in [1.82, 2.24) is 15.1 Å². The molecular formula is C19H26N4O2. The maximum Gasteiger partial charge on any atom is 0.320 e. The number of aliphatic hydroxyl groups excluding tert-OH is 1. The number of carbonyl (C=O) groups is 1. The van der Waals surface area contributed by atoms with E-state index in [1.165, 1.54) is 0 Å². The average Bonchev–Trinajstić information content (AvgIpc) is 3.23. The van der Waals surface area contributed by atoms with Gasteiger partial charge in [0.25, 0.3) is 0 Å². The van der Waals surface area contributed by atoms with Crippen LogP contribution in [0.3, 0.4) is 0 Å². The minimum absolute atomic E-state index is 0.0286. The molecule has 1 heterocycles. The van der Waals surface area contributed by atoms with Crippen LogP contribution >= 0.6 is 0 Å². The molecule has 1 aromatic heterocycles. The summed E-state index contributed by atoms with van der Waals surface area (Å²) in [6.07, 6.45) is 3.69. The fourth-order valence-corrected chi connectivity index (χ4v) is 3.39. The van der Waals surface area contributed by atoms with Gasteiger partial charge in [-0.2, -0.15) is 5.10 Å². The Kier molecular flexibility index (Phi) is 5.08. The van der Waals surface area contributed by atoms with Crippen LogP contribution in [-0.2, 0) is 0 Å². The number of amides is 2. The standard InChI is InChI=1S/C19H26N4O2/c1-14(2)23-17(12-16(22-23)15-8-4-3-5-9-15)20-18(25)21-19(13-24)10-6-7-11-19/h3-5,8-9,12,14,24H,6-7,10-11,13H2,1-2H3,(H2,20,21,25). The van der Waals surface area contributed by atoms with Crippen LogP contribution in [0.25, 0.3) is 11.3 Å². The number of anilines is 1. The first-order valence-electron chi connectivity index (χ1n) is 8.88. The molecule has 6 nitrogen and oxygen atoms in total. The van der Waals surface area contributed by atoms with Gasteiger partial charge in [-0.1, -0.05) is 43.2 Å². The Balaban J connectivity index is 1.79. The molecule has 134 valence electrons. The predicted molar refractivity (Wildman–Crippen MR) is 98.5 cm³/mol. The third-order valence-corrected chi connectivity index (χ3v) is 4.78. The molecule has 0 unspecified atom stereocenters. The number of nitrogens with zero attached hydrogens (tertiary/aromatic N) is 2. The minimum atomic E-state index is -0.491. The third kappa shape index (κ3) is 3.85. The Hall–Kier alpha value is -2.34. The summed E-state index contributed by atoms with van der Waals surface area (Å²) in [5.41, 5.74) is 1.34. The van der Waals surface area contributed by atoms with E-state index in [1.807, 2.05) is 54.9 Å². The first-order chi connectivity index (χ1) is 12.0. The summed E-state index contributed by atoms with van der Waals surface area (Å²) in [4.78, 5) is 12.5. The van der Waals surface area contributed by atoms with Crippen LogP contribution in [0.2, 0.25) is 0 Å². The molecule has 1 aromatic carbocycles. The molecule has 3 rings (SSSR count). The number of hydrogen-bond donors (Lipinski definition) is 3. The molecule has 0 aliphatic heterocycles. The molecule has 0 bridgehead atoms. The monoisotopic (exact) mass is 342 g/mol. The summed E-state index contributed by atoms with van der Waals surface area (Å²) in [5, 5.41) is 20.2. The number of rotatable bonds is 5. The van der Waals surface area contributed by atoms with Crippen molar-refractivity contribution in [2.45, 2.75) is 51.1 Å². The Labute approximate surface area is 148 Å². The molecule has 0 saturated heterocycles. The van der Waals surface area contributed by atoms with Gasteiger partial charge >= 0.3 is 6.03 Å². The molecule has 0 spiro atoms. The van der Waals surface area contributed by atoms with Crippen molar-refractivity contribution in [2.75, 3.05) is 11.9 Å². The van der Waals surface area contributed by atoms with E-state index in [1.54, 1.807) is 0 Å². The highest BCUT2D eigenvalue weighted by Gasteiger charge is 2.34. The van der Waals surface area contributed by atoms with Gasteiger partial charge in [-0.3, -0.25) is 5.32 Å². The summed E-state index contributed by atoms with van der Waals surface area (Å²) in [5.74, 6) is 0.650. The Bertz CT molecular complexity index is 718. The molecule has 1 aliphatic carbocycles. The maximum atomic E-state index is 12.5. The predicted octanol–water partition coefficient (Wildman–Crippen LogP) is 3.56. The van der Waals surface area contributed by atoms with Crippen LogP contribution in [-0.4, -0.2) is 33.1 Å². The number of nitrogens with one attached hydrogen (secondary N) is 2. The van der Waals surface area contributed by atoms with Gasteiger partial charge in [0.1, 0.15) is 5.82 Å². The van der Waals surface area contributed by atoms with Gasteiger partial charge in [0, 0.05) is 17.7 Å². The van der Waals surface area contributed by atoms with E-state index in [4.69, 9.17) is 0 Å². The summed E-state index contributed by atoms with van der Waals surface area (Å²) in [6, 6.07) is 11.6. The second-order valence-corrected chi connectivity index (χ2v) is 7.04. The highest BCUT2D eigenvalue weighted by atomic mass is 16.3. The molecule has 2 amide bonds. The number of urea groups is 1. The van der Waals surface area contributed by atoms with E-state index in [9.17, 15) is 9.90 Å². The normalized spacial score (nSPS) is 16.2. The van der Waals surface area contributed by atoms with E-state index < -0.39 is 5.54 Å². The lowest BCUT2D eigenvalue weighted by Gasteiger charge is -2.28. The van der Waals surface area contributed by atoms with Gasteiger partial charge in [-0.15, -0.1) is 0 Å². The fraction of sp³-hybridized carbons (Fsp3) is 0.474. The maximum absolute atomic E-state index is 12.5. The molecule has 1 aliphatic rings. The molecule has 3 N–H and O–H groups in total. The smallest absolute Gasteiger partial charge is 0.320 e. The van der Waals surface area contributed by atoms with Crippen molar-refractivity contribution < 1.29 is 9.90 Å². The summed E-state index contributed by atoms with van der Waals surface area (Å²) in [7, 11) is 0. The first-order valence-corrected chi connectivity index (χ1v) is 8.88. The third-order valence-electron chi connectivity index (χ3n) is 4.78. The fourth-order valence-electron chi connectivity index (χ4n) is 3.39. The zero-order chi connectivity index (χ0) is 17.9. The van der Waals surface area contributed by atoms with Crippen molar-refractivity contribution in [2.24, 2.45) is 0 Å². The number of aliphatic hydroxyl groups is 1. The lowest BCUT2D eigenvalue weighted by Crippen LogP contribution is -2.50. The van der Waals surface area contributed by atoms with Crippen LogP contribution in [0.1, 0.15) is 45.6 Å². The largest absolute Gasteiger partial charge is 0.394 e. The van der Waals surface area contributed by atoms with Crippen LogP contribution in [0.4, 0.5) is 10.6 Å². The molecule has 6 heteroatoms. The number of hydrogen-bond acceptors (Lipinski definition) is 3. The van der Waals surface area contributed by atoms with E-state index in [2.05, 4.69) is 15.7 Å². The van der Waals surface area contributed by atoms with Crippen LogP contribution in [0.5, 0.6) is 0 Å². The van der Waals surface area contributed by atoms with Crippen molar-refractivity contribution in [3.63, 3.8) is 0 Å². The second-order valence-electron chi connectivity index (χ2n) is 7.04. The first kappa shape index (κ1) is 17.5. The lowest BCUT2D eigenvalue weighted by atomic mass is 9.99. The molecule has 0 radical (unpaired) electrons. The van der Waals surface area contributed by atoms with Crippen molar-refractivity contribution in [1.29, 1.82) is 0 Å². The van der Waals surface area contributed by atoms with Crippen molar-refractivity contribution in [3.8, 4) is 11.3 Å². The minimum Gasteiger partial charge on any atom is -0.394 e. The second kappa shape index (κ2) is 7.27. The Morgan fingerprint density at radius 2 is 1.96 bits per heavy atom. The van der Waals surface area contributed by atoms with Crippen LogP contribution < -0.4 is 10.6 Å².